The van der Waals surface area contributed by atoms with Gasteiger partial charge in [0.1, 0.15) is 0 Å². The maximum Gasteiger partial charge on any atom is 0.0568 e. The first kappa shape index (κ1) is 13.4. The average molecular weight is 269 g/mol. The quantitative estimate of drug-likeness (QED) is 0.865. The van der Waals surface area contributed by atoms with Crippen molar-refractivity contribution in [1.29, 1.82) is 0 Å². The van der Waals surface area contributed by atoms with Crippen LogP contribution in [-0.4, -0.2) is 16.3 Å². The summed E-state index contributed by atoms with van der Waals surface area (Å²) in [7, 11) is 0. The molecule has 0 saturated heterocycles. The Morgan fingerprint density at radius 1 is 1.05 bits per heavy atom. The van der Waals surface area contributed by atoms with Crippen molar-refractivity contribution in [3.05, 3.63) is 42.7 Å². The van der Waals surface area contributed by atoms with Crippen molar-refractivity contribution in [2.24, 2.45) is 11.7 Å². The van der Waals surface area contributed by atoms with Crippen LogP contribution in [0.5, 0.6) is 0 Å². The number of benzene rings is 1. The zero-order chi connectivity index (χ0) is 13.8. The van der Waals surface area contributed by atoms with E-state index in [-0.39, 0.29) is 0 Å². The van der Waals surface area contributed by atoms with Gasteiger partial charge in [0.15, 0.2) is 0 Å². The number of hydrogen-bond acceptors (Lipinski definition) is 2. The molecule has 1 heterocycles. The first-order valence-corrected chi connectivity index (χ1v) is 7.68. The van der Waals surface area contributed by atoms with Gasteiger partial charge in [0.05, 0.1) is 12.2 Å². The van der Waals surface area contributed by atoms with E-state index in [1.54, 1.807) is 0 Å². The van der Waals surface area contributed by atoms with Crippen molar-refractivity contribution in [1.82, 2.24) is 9.78 Å². The van der Waals surface area contributed by atoms with E-state index >= 15 is 0 Å². The summed E-state index contributed by atoms with van der Waals surface area (Å²) in [5, 5.41) is 4.62. The zero-order valence-electron chi connectivity index (χ0n) is 11.9. The summed E-state index contributed by atoms with van der Waals surface area (Å²) >= 11 is 0. The fourth-order valence-corrected chi connectivity index (χ4v) is 3.29. The fraction of sp³-hybridized carbons (Fsp3) is 0.471. The number of rotatable bonds is 3. The molecule has 3 rings (SSSR count). The Morgan fingerprint density at radius 2 is 1.85 bits per heavy atom. The van der Waals surface area contributed by atoms with Crippen LogP contribution in [0.25, 0.3) is 11.1 Å². The minimum Gasteiger partial charge on any atom is -0.330 e. The monoisotopic (exact) mass is 269 g/mol. The van der Waals surface area contributed by atoms with Crippen LogP contribution in [0, 0.1) is 5.92 Å². The van der Waals surface area contributed by atoms with Gasteiger partial charge in [-0.15, -0.1) is 0 Å². The van der Waals surface area contributed by atoms with E-state index in [1.165, 1.54) is 43.2 Å². The molecule has 1 aromatic carbocycles. The zero-order valence-corrected chi connectivity index (χ0v) is 11.9. The van der Waals surface area contributed by atoms with Gasteiger partial charge in [-0.1, -0.05) is 49.6 Å². The van der Waals surface area contributed by atoms with E-state index in [0.717, 1.165) is 6.54 Å². The lowest BCUT2D eigenvalue weighted by atomic mass is 9.95. The Hall–Kier alpha value is -1.61. The standard InChI is InChI=1S/C17H23N3/c18-11-15-9-5-2-6-10-17(15)20-13-16(12-19-20)14-7-3-1-4-8-14/h1,3-4,7-8,12-13,15,17H,2,5-6,9-11,18H2. The molecule has 3 nitrogen and oxygen atoms in total. The van der Waals surface area contributed by atoms with Gasteiger partial charge in [-0.3, -0.25) is 4.68 Å². The first-order chi connectivity index (χ1) is 9.88. The molecule has 2 N–H and O–H groups in total. The third-order valence-electron chi connectivity index (χ3n) is 4.47. The Labute approximate surface area is 120 Å². The number of nitrogens with two attached hydrogens (primary N) is 1. The second kappa shape index (κ2) is 6.23. The van der Waals surface area contributed by atoms with Gasteiger partial charge in [0.25, 0.3) is 0 Å². The lowest BCUT2D eigenvalue weighted by Crippen LogP contribution is -2.25. The van der Waals surface area contributed by atoms with Gasteiger partial charge in [-0.2, -0.15) is 5.10 Å². The summed E-state index contributed by atoms with van der Waals surface area (Å²) in [6.45, 7) is 0.769. The average Bonchev–Trinajstić information content (AvgIpc) is 2.87. The van der Waals surface area contributed by atoms with Gasteiger partial charge in [-0.25, -0.2) is 0 Å². The van der Waals surface area contributed by atoms with E-state index in [4.69, 9.17) is 5.73 Å². The van der Waals surface area contributed by atoms with E-state index in [0.29, 0.717) is 12.0 Å². The minimum absolute atomic E-state index is 0.472. The summed E-state index contributed by atoms with van der Waals surface area (Å²) in [5.74, 6) is 0.570. The molecule has 20 heavy (non-hydrogen) atoms. The van der Waals surface area contributed by atoms with E-state index < -0.39 is 0 Å². The van der Waals surface area contributed by atoms with Crippen LogP contribution in [0.3, 0.4) is 0 Å². The second-order valence-electron chi connectivity index (χ2n) is 5.78. The van der Waals surface area contributed by atoms with Crippen molar-refractivity contribution in [3.8, 4) is 11.1 Å². The van der Waals surface area contributed by atoms with Gasteiger partial charge in [-0.05, 0) is 30.9 Å². The Kier molecular flexibility index (Phi) is 4.16. The smallest absolute Gasteiger partial charge is 0.0568 e. The Bertz CT molecular complexity index is 532. The molecule has 1 saturated carbocycles. The molecule has 1 aromatic heterocycles. The van der Waals surface area contributed by atoms with Crippen molar-refractivity contribution >= 4 is 0 Å². The molecule has 0 spiro atoms. The summed E-state index contributed by atoms with van der Waals surface area (Å²) in [6.07, 6.45) is 10.5. The summed E-state index contributed by atoms with van der Waals surface area (Å²) in [6, 6.07) is 10.9. The third kappa shape index (κ3) is 2.78. The van der Waals surface area contributed by atoms with Crippen LogP contribution in [0.4, 0.5) is 0 Å². The Morgan fingerprint density at radius 3 is 2.65 bits per heavy atom. The molecule has 1 fully saturated rings. The highest BCUT2D eigenvalue weighted by Crippen LogP contribution is 2.32. The Balaban J connectivity index is 1.85. The number of hydrogen-bond donors (Lipinski definition) is 1. The molecule has 2 unspecified atom stereocenters. The van der Waals surface area contributed by atoms with Gasteiger partial charge in [0.2, 0.25) is 0 Å². The van der Waals surface area contributed by atoms with Crippen molar-refractivity contribution in [2.45, 2.75) is 38.1 Å². The van der Waals surface area contributed by atoms with E-state index in [9.17, 15) is 0 Å². The van der Waals surface area contributed by atoms with E-state index in [1.807, 2.05) is 12.3 Å². The SMILES string of the molecule is NCC1CCCCCC1n1cc(-c2ccccc2)cn1. The molecule has 1 aliphatic carbocycles. The largest absolute Gasteiger partial charge is 0.330 e. The highest BCUT2D eigenvalue weighted by Gasteiger charge is 2.24. The van der Waals surface area contributed by atoms with Crippen LogP contribution >= 0.6 is 0 Å². The van der Waals surface area contributed by atoms with Gasteiger partial charge < -0.3 is 5.73 Å². The first-order valence-electron chi connectivity index (χ1n) is 7.68. The topological polar surface area (TPSA) is 43.8 Å². The third-order valence-corrected chi connectivity index (χ3v) is 4.47. The van der Waals surface area contributed by atoms with Crippen LogP contribution in [-0.2, 0) is 0 Å². The molecule has 0 amide bonds. The molecule has 1 aliphatic rings. The fourth-order valence-electron chi connectivity index (χ4n) is 3.29. The molecule has 106 valence electrons. The lowest BCUT2D eigenvalue weighted by molar-refractivity contribution is 0.295. The molecule has 2 atom stereocenters. The normalized spacial score (nSPS) is 23.4. The lowest BCUT2D eigenvalue weighted by Gasteiger charge is -2.24. The predicted octanol–water partition coefficient (Wildman–Crippen LogP) is 3.63. The highest BCUT2D eigenvalue weighted by atomic mass is 15.3. The molecular formula is C17H23N3. The maximum atomic E-state index is 5.98. The van der Waals surface area contributed by atoms with Gasteiger partial charge in [0, 0.05) is 11.8 Å². The number of aromatic nitrogens is 2. The van der Waals surface area contributed by atoms with Gasteiger partial charge >= 0.3 is 0 Å². The predicted molar refractivity (Wildman–Crippen MR) is 82.3 cm³/mol. The highest BCUT2D eigenvalue weighted by molar-refractivity contribution is 5.61. The van der Waals surface area contributed by atoms with Crippen molar-refractivity contribution in [3.63, 3.8) is 0 Å². The maximum absolute atomic E-state index is 5.98. The minimum atomic E-state index is 0.472. The molecule has 2 aromatic rings. The van der Waals surface area contributed by atoms with Crippen LogP contribution < -0.4 is 5.73 Å². The molecule has 0 bridgehead atoms. The molecule has 0 radical (unpaired) electrons. The van der Waals surface area contributed by atoms with Crippen LogP contribution in [0.15, 0.2) is 42.7 Å². The molecular weight excluding hydrogens is 246 g/mol. The molecule has 3 heteroatoms. The summed E-state index contributed by atoms with van der Waals surface area (Å²) < 4.78 is 2.16. The van der Waals surface area contributed by atoms with Crippen LogP contribution in [0.1, 0.15) is 38.1 Å². The molecule has 0 aliphatic heterocycles. The van der Waals surface area contributed by atoms with Crippen molar-refractivity contribution < 1.29 is 0 Å². The summed E-state index contributed by atoms with van der Waals surface area (Å²) in [5.41, 5.74) is 8.41. The number of nitrogens with zero attached hydrogens (tertiary/aromatic N) is 2. The summed E-state index contributed by atoms with van der Waals surface area (Å²) in [4.78, 5) is 0. The van der Waals surface area contributed by atoms with E-state index in [2.05, 4.69) is 40.2 Å². The van der Waals surface area contributed by atoms with Crippen LogP contribution in [0.2, 0.25) is 0 Å². The second-order valence-corrected chi connectivity index (χ2v) is 5.78. The van der Waals surface area contributed by atoms with Crippen molar-refractivity contribution in [2.75, 3.05) is 6.54 Å².